The molecule has 1 amide bonds. The summed E-state index contributed by atoms with van der Waals surface area (Å²) in [6.45, 7) is 1.94. The molecule has 4 saturated carbocycles. The van der Waals surface area contributed by atoms with Crippen LogP contribution in [0.2, 0.25) is 0 Å². The Morgan fingerprint density at radius 2 is 1.82 bits per heavy atom. The number of halogens is 4. The molecule has 4 rings (SSSR count). The van der Waals surface area contributed by atoms with E-state index in [2.05, 4.69) is 15.9 Å². The lowest BCUT2D eigenvalue weighted by Gasteiger charge is -2.60. The number of alkyl halides is 4. The minimum absolute atomic E-state index is 0.0304. The summed E-state index contributed by atoms with van der Waals surface area (Å²) in [6, 6.07) is 0. The van der Waals surface area contributed by atoms with Gasteiger partial charge in [-0.25, -0.2) is 0 Å². The first-order chi connectivity index (χ1) is 10.1. The Labute approximate surface area is 137 Å². The molecule has 0 aromatic rings. The Hall–Kier alpha value is -0.260. The third kappa shape index (κ3) is 3.04. The van der Waals surface area contributed by atoms with Crippen molar-refractivity contribution >= 4 is 21.8 Å². The van der Waals surface area contributed by atoms with Gasteiger partial charge in [0, 0.05) is 17.4 Å². The fourth-order valence-corrected chi connectivity index (χ4v) is 6.85. The zero-order valence-corrected chi connectivity index (χ0v) is 14.5. The Kier molecular flexibility index (Phi) is 4.06. The molecule has 2 nitrogen and oxygen atoms in total. The summed E-state index contributed by atoms with van der Waals surface area (Å²) in [5, 5.41) is 0. The van der Waals surface area contributed by atoms with Crippen molar-refractivity contribution in [1.82, 2.24) is 4.90 Å². The van der Waals surface area contributed by atoms with Gasteiger partial charge in [-0.05, 0) is 57.3 Å². The number of amides is 1. The highest BCUT2D eigenvalue weighted by Gasteiger charge is 2.60. The fourth-order valence-electron chi connectivity index (χ4n) is 5.40. The van der Waals surface area contributed by atoms with E-state index in [1.165, 1.54) is 11.3 Å². The smallest absolute Gasteiger partial charge is 0.342 e. The second kappa shape index (κ2) is 5.38. The van der Waals surface area contributed by atoms with E-state index in [1.807, 2.05) is 0 Å². The molecular weight excluding hydrogens is 359 g/mol. The molecule has 2 atom stereocenters. The Bertz CT molecular complexity index is 451. The maximum atomic E-state index is 13.0. The van der Waals surface area contributed by atoms with E-state index in [1.54, 1.807) is 6.92 Å². The Balaban J connectivity index is 1.75. The lowest BCUT2D eigenvalue weighted by Crippen LogP contribution is -2.59. The van der Waals surface area contributed by atoms with Crippen LogP contribution in [0, 0.1) is 17.3 Å². The minimum atomic E-state index is -4.20. The summed E-state index contributed by atoms with van der Waals surface area (Å²) in [5.74, 6) is 1.09. The first-order valence-electron chi connectivity index (χ1n) is 8.20. The number of carbonyl (C=O) groups excluding carboxylic acids is 1. The van der Waals surface area contributed by atoms with Crippen LogP contribution in [0.4, 0.5) is 13.2 Å². The number of carbonyl (C=O) groups is 1. The van der Waals surface area contributed by atoms with E-state index in [0.717, 1.165) is 32.1 Å². The molecule has 0 spiro atoms. The molecule has 4 fully saturated rings. The number of nitrogens with zero attached hydrogens (tertiary/aromatic N) is 1. The van der Waals surface area contributed by atoms with Gasteiger partial charge in [-0.15, -0.1) is 0 Å². The van der Waals surface area contributed by atoms with Crippen molar-refractivity contribution in [1.29, 1.82) is 0 Å². The van der Waals surface area contributed by atoms with E-state index in [9.17, 15) is 18.0 Å². The average molecular weight is 382 g/mol. The lowest BCUT2D eigenvalue weighted by atomic mass is 9.49. The fraction of sp³-hybridized carbons (Fsp3) is 0.938. The van der Waals surface area contributed by atoms with Crippen molar-refractivity contribution in [2.75, 3.05) is 13.1 Å². The van der Waals surface area contributed by atoms with Gasteiger partial charge in [0.25, 0.3) is 0 Å². The van der Waals surface area contributed by atoms with Crippen LogP contribution in [-0.4, -0.2) is 34.4 Å². The number of rotatable bonds is 4. The van der Waals surface area contributed by atoms with Crippen molar-refractivity contribution in [2.24, 2.45) is 17.3 Å². The van der Waals surface area contributed by atoms with E-state index in [0.29, 0.717) is 18.4 Å². The molecule has 126 valence electrons. The van der Waals surface area contributed by atoms with Gasteiger partial charge in [0.15, 0.2) is 0 Å². The second-order valence-corrected chi connectivity index (χ2v) is 9.32. The molecule has 2 unspecified atom stereocenters. The maximum Gasteiger partial charge on any atom is 0.390 e. The van der Waals surface area contributed by atoms with Crippen molar-refractivity contribution in [2.45, 2.75) is 62.4 Å². The predicted octanol–water partition coefficient (Wildman–Crippen LogP) is 4.52. The van der Waals surface area contributed by atoms with Gasteiger partial charge >= 0.3 is 6.18 Å². The molecule has 4 aliphatic carbocycles. The van der Waals surface area contributed by atoms with Crippen LogP contribution >= 0.6 is 15.9 Å². The first kappa shape index (κ1) is 16.6. The highest BCUT2D eigenvalue weighted by molar-refractivity contribution is 9.10. The summed E-state index contributed by atoms with van der Waals surface area (Å²) in [7, 11) is 0. The van der Waals surface area contributed by atoms with E-state index < -0.39 is 18.0 Å². The van der Waals surface area contributed by atoms with Gasteiger partial charge in [-0.2, -0.15) is 13.2 Å². The van der Waals surface area contributed by atoms with Gasteiger partial charge in [0.2, 0.25) is 5.91 Å². The quantitative estimate of drug-likeness (QED) is 0.655. The predicted molar refractivity (Wildman–Crippen MR) is 81.7 cm³/mol. The van der Waals surface area contributed by atoms with E-state index in [-0.39, 0.29) is 16.8 Å². The lowest BCUT2D eigenvalue weighted by molar-refractivity contribution is -0.161. The first-order valence-corrected chi connectivity index (χ1v) is 8.99. The summed E-state index contributed by atoms with van der Waals surface area (Å²) in [6.07, 6.45) is 0.864. The third-order valence-corrected chi connectivity index (χ3v) is 6.71. The largest absolute Gasteiger partial charge is 0.390 e. The average Bonchev–Trinajstić information content (AvgIpc) is 2.34. The molecule has 22 heavy (non-hydrogen) atoms. The topological polar surface area (TPSA) is 20.3 Å². The van der Waals surface area contributed by atoms with Crippen LogP contribution in [0.15, 0.2) is 0 Å². The molecule has 0 aromatic heterocycles. The monoisotopic (exact) mass is 381 g/mol. The highest BCUT2D eigenvalue weighted by atomic mass is 79.9. The summed E-state index contributed by atoms with van der Waals surface area (Å²) in [4.78, 5) is 14.5. The summed E-state index contributed by atoms with van der Waals surface area (Å²) in [5.41, 5.74) is -0.408. The van der Waals surface area contributed by atoms with Crippen LogP contribution in [0.1, 0.15) is 51.9 Å². The number of hydrogen-bond acceptors (Lipinski definition) is 1. The van der Waals surface area contributed by atoms with Crippen LogP contribution in [-0.2, 0) is 4.79 Å². The van der Waals surface area contributed by atoms with Gasteiger partial charge < -0.3 is 4.90 Å². The maximum absolute atomic E-state index is 13.0. The molecule has 4 aliphatic rings. The standard InChI is InChI=1S/C16H23BrF3NO/c1-2-21(4-3-16(18,19)20)13(22)14-6-11-5-12(7-14)9-15(17,8-11)10-14/h11-12H,2-10H2,1H3. The second-order valence-electron chi connectivity index (χ2n) is 7.64. The zero-order valence-electron chi connectivity index (χ0n) is 12.9. The minimum Gasteiger partial charge on any atom is -0.342 e. The summed E-state index contributed by atoms with van der Waals surface area (Å²) >= 11 is 3.85. The van der Waals surface area contributed by atoms with Gasteiger partial charge in [0.05, 0.1) is 11.8 Å². The van der Waals surface area contributed by atoms with Crippen LogP contribution < -0.4 is 0 Å². The SMILES string of the molecule is CCN(CCC(F)(F)F)C(=O)C12CC3CC(CC(Br)(C3)C1)C2. The van der Waals surface area contributed by atoms with Gasteiger partial charge in [0.1, 0.15) is 0 Å². The zero-order chi connectivity index (χ0) is 16.2. The molecule has 0 heterocycles. The molecule has 0 aromatic carbocycles. The van der Waals surface area contributed by atoms with E-state index >= 15 is 0 Å². The van der Waals surface area contributed by atoms with Gasteiger partial charge in [-0.3, -0.25) is 4.79 Å². The molecule has 6 heteroatoms. The molecule has 0 N–H and O–H groups in total. The molecule has 0 radical (unpaired) electrons. The Morgan fingerprint density at radius 1 is 1.23 bits per heavy atom. The van der Waals surface area contributed by atoms with Gasteiger partial charge in [-0.1, -0.05) is 15.9 Å². The van der Waals surface area contributed by atoms with Crippen LogP contribution in [0.3, 0.4) is 0 Å². The highest BCUT2D eigenvalue weighted by Crippen LogP contribution is 2.64. The van der Waals surface area contributed by atoms with Crippen LogP contribution in [0.25, 0.3) is 0 Å². The third-order valence-electron chi connectivity index (χ3n) is 5.78. The van der Waals surface area contributed by atoms with Crippen molar-refractivity contribution < 1.29 is 18.0 Å². The molecular formula is C16H23BrF3NO. The normalized spacial score (nSPS) is 40.0. The summed E-state index contributed by atoms with van der Waals surface area (Å²) < 4.78 is 37.5. The number of hydrogen-bond donors (Lipinski definition) is 0. The molecule has 0 saturated heterocycles. The van der Waals surface area contributed by atoms with Crippen molar-refractivity contribution in [3.05, 3.63) is 0 Å². The van der Waals surface area contributed by atoms with Crippen LogP contribution in [0.5, 0.6) is 0 Å². The van der Waals surface area contributed by atoms with Crippen molar-refractivity contribution in [3.8, 4) is 0 Å². The van der Waals surface area contributed by atoms with Crippen molar-refractivity contribution in [3.63, 3.8) is 0 Å². The molecule has 0 aliphatic heterocycles. The Morgan fingerprint density at radius 3 is 2.27 bits per heavy atom. The molecule has 4 bridgehead atoms. The van der Waals surface area contributed by atoms with E-state index in [4.69, 9.17) is 0 Å².